The Bertz CT molecular complexity index is 1060. The third-order valence-electron chi connectivity index (χ3n) is 3.83. The van der Waals surface area contributed by atoms with Gasteiger partial charge in [0.25, 0.3) is 5.56 Å². The molecule has 2 aromatic heterocycles. The molecule has 0 spiro atoms. The summed E-state index contributed by atoms with van der Waals surface area (Å²) in [4.78, 5) is 18.3. The van der Waals surface area contributed by atoms with Crippen molar-refractivity contribution in [1.29, 1.82) is 0 Å². The Kier molecular flexibility index (Phi) is 4.67. The molecule has 0 saturated heterocycles. The second kappa shape index (κ2) is 6.76. The van der Waals surface area contributed by atoms with Gasteiger partial charge in [-0.25, -0.2) is 9.37 Å². The van der Waals surface area contributed by atoms with E-state index in [0.29, 0.717) is 22.5 Å². The van der Waals surface area contributed by atoms with E-state index in [-0.39, 0.29) is 20.8 Å². The van der Waals surface area contributed by atoms with Crippen LogP contribution >= 0.6 is 15.9 Å². The van der Waals surface area contributed by atoms with Crippen molar-refractivity contribution in [2.24, 2.45) is 0 Å². The van der Waals surface area contributed by atoms with Crippen LogP contribution in [-0.2, 0) is 0 Å². The van der Waals surface area contributed by atoms with E-state index in [9.17, 15) is 13.6 Å². The van der Waals surface area contributed by atoms with Crippen LogP contribution in [0.3, 0.4) is 0 Å². The van der Waals surface area contributed by atoms with Gasteiger partial charge in [-0.2, -0.15) is 4.39 Å². The lowest BCUT2D eigenvalue weighted by Crippen LogP contribution is -2.07. The van der Waals surface area contributed by atoms with E-state index < -0.39 is 11.8 Å². The number of anilines is 1. The van der Waals surface area contributed by atoms with Crippen LogP contribution in [0.5, 0.6) is 0 Å². The van der Waals surface area contributed by atoms with Crippen molar-refractivity contribution in [3.05, 3.63) is 62.6 Å². The van der Waals surface area contributed by atoms with E-state index in [1.807, 2.05) is 13.0 Å². The molecule has 0 radical (unpaired) electrons. The molecule has 0 atom stereocenters. The van der Waals surface area contributed by atoms with Crippen molar-refractivity contribution >= 4 is 38.6 Å². The van der Waals surface area contributed by atoms with Gasteiger partial charge in [-0.05, 0) is 52.2 Å². The van der Waals surface area contributed by atoms with Crippen LogP contribution in [0.2, 0.25) is 0 Å². The molecule has 0 saturated carbocycles. The first-order valence-electron chi connectivity index (χ1n) is 7.48. The molecule has 1 aromatic carbocycles. The summed E-state index contributed by atoms with van der Waals surface area (Å²) in [6, 6.07) is 4.77. The molecule has 0 amide bonds. The summed E-state index contributed by atoms with van der Waals surface area (Å²) in [6.07, 6.45) is 4.64. The van der Waals surface area contributed by atoms with Gasteiger partial charge >= 0.3 is 0 Å². The van der Waals surface area contributed by atoms with Gasteiger partial charge in [0, 0.05) is 24.2 Å². The number of halogens is 3. The van der Waals surface area contributed by atoms with Gasteiger partial charge < -0.3 is 10.3 Å². The molecule has 0 aliphatic carbocycles. The van der Waals surface area contributed by atoms with Crippen LogP contribution in [-0.4, -0.2) is 17.0 Å². The first-order valence-corrected chi connectivity index (χ1v) is 8.27. The fourth-order valence-corrected chi connectivity index (χ4v) is 3.02. The summed E-state index contributed by atoms with van der Waals surface area (Å²) in [7, 11) is 1.63. The molecule has 2 N–H and O–H groups in total. The number of rotatable bonds is 3. The van der Waals surface area contributed by atoms with Gasteiger partial charge in [0.05, 0.1) is 9.86 Å². The van der Waals surface area contributed by atoms with Crippen molar-refractivity contribution < 1.29 is 8.78 Å². The summed E-state index contributed by atoms with van der Waals surface area (Å²) >= 11 is 3.13. The zero-order valence-electron chi connectivity index (χ0n) is 13.5. The van der Waals surface area contributed by atoms with Crippen molar-refractivity contribution in [2.75, 3.05) is 12.4 Å². The number of allylic oxidation sites excluding steroid dienone is 1. The van der Waals surface area contributed by atoms with E-state index in [0.717, 1.165) is 6.20 Å². The molecular formula is C18H14BrF2N3O. The van der Waals surface area contributed by atoms with Gasteiger partial charge in [0.2, 0.25) is 5.95 Å². The second-order valence-electron chi connectivity index (χ2n) is 5.36. The van der Waals surface area contributed by atoms with Gasteiger partial charge in [0.1, 0.15) is 11.6 Å². The number of nitrogens with zero attached hydrogens (tertiary/aromatic N) is 1. The predicted molar refractivity (Wildman–Crippen MR) is 99.7 cm³/mol. The summed E-state index contributed by atoms with van der Waals surface area (Å²) in [5.41, 5.74) is 1.54. The second-order valence-corrected chi connectivity index (χ2v) is 6.21. The lowest BCUT2D eigenvalue weighted by atomic mass is 9.96. The summed E-state index contributed by atoms with van der Waals surface area (Å²) < 4.78 is 28.2. The molecule has 0 aliphatic rings. The average molecular weight is 406 g/mol. The maximum absolute atomic E-state index is 14.2. The number of benzene rings is 1. The Morgan fingerprint density at radius 3 is 2.64 bits per heavy atom. The highest BCUT2D eigenvalue weighted by atomic mass is 79.9. The van der Waals surface area contributed by atoms with E-state index in [1.165, 1.54) is 0 Å². The van der Waals surface area contributed by atoms with Crippen LogP contribution in [0.25, 0.3) is 28.0 Å². The number of hydrogen-bond acceptors (Lipinski definition) is 3. The smallest absolute Gasteiger partial charge is 0.256 e. The molecule has 0 unspecified atom stereocenters. The van der Waals surface area contributed by atoms with Crippen LogP contribution in [0.4, 0.5) is 14.6 Å². The number of fused-ring (bicyclic) bond motifs is 1. The zero-order chi connectivity index (χ0) is 18.1. The topological polar surface area (TPSA) is 57.8 Å². The van der Waals surface area contributed by atoms with Gasteiger partial charge in [-0.1, -0.05) is 12.2 Å². The number of aromatic nitrogens is 2. The number of aromatic amines is 1. The normalized spacial score (nSPS) is 11.4. The van der Waals surface area contributed by atoms with Crippen molar-refractivity contribution in [3.8, 4) is 11.1 Å². The lowest BCUT2D eigenvalue weighted by molar-refractivity contribution is 0.579. The largest absolute Gasteiger partial charge is 0.373 e. The summed E-state index contributed by atoms with van der Waals surface area (Å²) in [5, 5.41) is 3.28. The lowest BCUT2D eigenvalue weighted by Gasteiger charge is -2.14. The van der Waals surface area contributed by atoms with Crippen LogP contribution in [0.1, 0.15) is 12.5 Å². The fraction of sp³-hybridized carbons (Fsp3) is 0.111. The Balaban J connectivity index is 2.43. The molecular weight excluding hydrogens is 392 g/mol. The third-order valence-corrected chi connectivity index (χ3v) is 4.38. The number of H-pyrrole nitrogens is 1. The zero-order valence-corrected chi connectivity index (χ0v) is 15.0. The van der Waals surface area contributed by atoms with Crippen LogP contribution in [0.15, 0.2) is 39.7 Å². The van der Waals surface area contributed by atoms with Gasteiger partial charge in [-0.3, -0.25) is 4.79 Å². The molecule has 3 aromatic rings. The van der Waals surface area contributed by atoms with Gasteiger partial charge in [-0.15, -0.1) is 0 Å². The van der Waals surface area contributed by atoms with Crippen molar-refractivity contribution in [3.63, 3.8) is 0 Å². The summed E-state index contributed by atoms with van der Waals surface area (Å²) in [5.74, 6) is -0.872. The molecule has 128 valence electrons. The highest BCUT2D eigenvalue weighted by Gasteiger charge is 2.16. The first-order chi connectivity index (χ1) is 12.0. The third kappa shape index (κ3) is 3.07. The minimum absolute atomic E-state index is 0.189. The predicted octanol–water partition coefficient (Wildman–Crippen LogP) is 4.71. The maximum atomic E-state index is 14.2. The van der Waals surface area contributed by atoms with Crippen molar-refractivity contribution in [1.82, 2.24) is 9.97 Å². The van der Waals surface area contributed by atoms with Crippen LogP contribution < -0.4 is 10.9 Å². The highest BCUT2D eigenvalue weighted by molar-refractivity contribution is 9.10. The van der Waals surface area contributed by atoms with E-state index in [1.54, 1.807) is 31.3 Å². The molecule has 0 aliphatic heterocycles. The first kappa shape index (κ1) is 17.3. The molecule has 3 rings (SSSR count). The molecule has 2 heterocycles. The Morgan fingerprint density at radius 1 is 1.20 bits per heavy atom. The average Bonchev–Trinajstić information content (AvgIpc) is 2.60. The SMILES string of the molecule is C/C=C\c1cc2c(=O)[nH]cc(F)c2cc1-c1cc(Br)c(F)nc1NC. The Morgan fingerprint density at radius 2 is 1.96 bits per heavy atom. The molecule has 25 heavy (non-hydrogen) atoms. The Hall–Kier alpha value is -2.54. The molecule has 4 nitrogen and oxygen atoms in total. The maximum Gasteiger partial charge on any atom is 0.256 e. The minimum atomic E-state index is -0.649. The number of hydrogen-bond donors (Lipinski definition) is 2. The fourth-order valence-electron chi connectivity index (χ4n) is 2.70. The highest BCUT2D eigenvalue weighted by Crippen LogP contribution is 2.35. The minimum Gasteiger partial charge on any atom is -0.373 e. The standard InChI is InChI=1S/C18H14BrF2N3O/c1-3-4-9-5-13-11(15(20)8-23-18(13)25)6-10(9)12-7-14(19)16(21)24-17(12)22-2/h3-8H,1-2H3,(H,22,24)(H,23,25)/b4-3-. The van der Waals surface area contributed by atoms with E-state index in [4.69, 9.17) is 0 Å². The van der Waals surface area contributed by atoms with Crippen LogP contribution in [0, 0.1) is 11.8 Å². The molecule has 0 bridgehead atoms. The quantitative estimate of drug-likeness (QED) is 0.620. The number of pyridine rings is 2. The van der Waals surface area contributed by atoms with Gasteiger partial charge in [0.15, 0.2) is 0 Å². The number of nitrogens with one attached hydrogen (secondary N) is 2. The molecule has 0 fully saturated rings. The van der Waals surface area contributed by atoms with E-state index >= 15 is 0 Å². The monoisotopic (exact) mass is 405 g/mol. The summed E-state index contributed by atoms with van der Waals surface area (Å²) in [6.45, 7) is 1.83. The van der Waals surface area contributed by atoms with Crippen molar-refractivity contribution in [2.45, 2.75) is 6.92 Å². The Labute approximate surface area is 150 Å². The van der Waals surface area contributed by atoms with E-state index in [2.05, 4.69) is 31.2 Å². The molecule has 7 heteroatoms.